The van der Waals surface area contributed by atoms with Gasteiger partial charge in [0.25, 0.3) is 16.8 Å². The average molecular weight is 482 g/mol. The van der Waals surface area contributed by atoms with E-state index in [1.165, 1.54) is 12.3 Å². The molecule has 1 atom stereocenters. The van der Waals surface area contributed by atoms with E-state index < -0.39 is 10.9 Å². The SMILES string of the molecule is Cc1nc2c(s1)C(Nc1c(Nc3ccnc(C(=O)N4CCCC4)c3O)c(=O)c1=O)C(C)(C)CC2. The lowest BCUT2D eigenvalue weighted by Crippen LogP contribution is -2.41. The second-order valence-corrected chi connectivity index (χ2v) is 10.9. The van der Waals surface area contributed by atoms with E-state index in [1.54, 1.807) is 16.2 Å². The Hall–Kier alpha value is -3.27. The molecule has 10 heteroatoms. The van der Waals surface area contributed by atoms with Crippen LogP contribution in [0.5, 0.6) is 5.75 Å². The predicted octanol–water partition coefficient (Wildman–Crippen LogP) is 3.25. The highest BCUT2D eigenvalue weighted by atomic mass is 32.1. The number of fused-ring (bicyclic) bond motifs is 1. The molecule has 3 aromatic rings. The van der Waals surface area contributed by atoms with Gasteiger partial charge in [0.1, 0.15) is 11.4 Å². The molecule has 1 saturated heterocycles. The summed E-state index contributed by atoms with van der Waals surface area (Å²) in [4.78, 5) is 49.2. The summed E-state index contributed by atoms with van der Waals surface area (Å²) in [7, 11) is 0. The summed E-state index contributed by atoms with van der Waals surface area (Å²) in [6.45, 7) is 7.48. The third-order valence-corrected chi connectivity index (χ3v) is 7.94. The van der Waals surface area contributed by atoms with E-state index in [2.05, 4.69) is 34.4 Å². The van der Waals surface area contributed by atoms with E-state index >= 15 is 0 Å². The van der Waals surface area contributed by atoms with Gasteiger partial charge < -0.3 is 20.6 Å². The van der Waals surface area contributed by atoms with Crippen molar-refractivity contribution in [1.29, 1.82) is 0 Å². The fraction of sp³-hybridized carbons (Fsp3) is 0.458. The number of anilines is 3. The first-order valence-electron chi connectivity index (χ1n) is 11.5. The van der Waals surface area contributed by atoms with Crippen LogP contribution >= 0.6 is 11.3 Å². The van der Waals surface area contributed by atoms with Crippen molar-refractivity contribution in [2.75, 3.05) is 23.7 Å². The molecule has 2 aliphatic rings. The summed E-state index contributed by atoms with van der Waals surface area (Å²) < 4.78 is 0. The topological polar surface area (TPSA) is 125 Å². The fourth-order valence-corrected chi connectivity index (χ4v) is 6.04. The van der Waals surface area contributed by atoms with Gasteiger partial charge in [-0.3, -0.25) is 14.4 Å². The molecule has 3 heterocycles. The molecule has 1 aromatic carbocycles. The molecule has 2 aromatic heterocycles. The van der Waals surface area contributed by atoms with Crippen LogP contribution in [0.25, 0.3) is 0 Å². The van der Waals surface area contributed by atoms with Crippen LogP contribution in [0.2, 0.25) is 0 Å². The molecule has 1 unspecified atom stereocenters. The van der Waals surface area contributed by atoms with Crippen molar-refractivity contribution in [2.45, 2.75) is 52.5 Å². The van der Waals surface area contributed by atoms with Crippen LogP contribution in [-0.2, 0) is 6.42 Å². The van der Waals surface area contributed by atoms with Gasteiger partial charge in [0.15, 0.2) is 11.4 Å². The van der Waals surface area contributed by atoms with Gasteiger partial charge in [-0.25, -0.2) is 9.97 Å². The Labute approximate surface area is 200 Å². The van der Waals surface area contributed by atoms with Crippen LogP contribution in [0.4, 0.5) is 17.1 Å². The van der Waals surface area contributed by atoms with Crippen LogP contribution in [0.3, 0.4) is 0 Å². The zero-order chi connectivity index (χ0) is 24.2. The molecule has 1 aliphatic carbocycles. The van der Waals surface area contributed by atoms with Gasteiger partial charge in [0.05, 0.1) is 27.3 Å². The second kappa shape index (κ2) is 8.19. The first kappa shape index (κ1) is 22.5. The summed E-state index contributed by atoms with van der Waals surface area (Å²) in [5.74, 6) is -0.684. The zero-order valence-electron chi connectivity index (χ0n) is 19.4. The molecule has 178 valence electrons. The van der Waals surface area contributed by atoms with E-state index in [9.17, 15) is 19.5 Å². The van der Waals surface area contributed by atoms with E-state index in [-0.39, 0.29) is 45.9 Å². The van der Waals surface area contributed by atoms with E-state index in [4.69, 9.17) is 0 Å². The number of hydrogen-bond acceptors (Lipinski definition) is 9. The molecule has 34 heavy (non-hydrogen) atoms. The lowest BCUT2D eigenvalue weighted by Gasteiger charge is -2.39. The van der Waals surface area contributed by atoms with Crippen LogP contribution in [-0.4, -0.2) is 39.0 Å². The predicted molar refractivity (Wildman–Crippen MR) is 131 cm³/mol. The van der Waals surface area contributed by atoms with Crippen molar-refractivity contribution in [1.82, 2.24) is 14.9 Å². The highest BCUT2D eigenvalue weighted by molar-refractivity contribution is 7.11. The first-order valence-corrected chi connectivity index (χ1v) is 12.3. The normalized spacial score (nSPS) is 19.3. The van der Waals surface area contributed by atoms with E-state index in [0.29, 0.717) is 13.1 Å². The maximum absolute atomic E-state index is 12.7. The number of amides is 1. The summed E-state index contributed by atoms with van der Waals surface area (Å²) in [6, 6.07) is 1.30. The van der Waals surface area contributed by atoms with Crippen molar-refractivity contribution >= 4 is 34.3 Å². The fourth-order valence-electron chi connectivity index (χ4n) is 4.80. The van der Waals surface area contributed by atoms with Gasteiger partial charge in [-0.15, -0.1) is 11.3 Å². The molecule has 3 N–H and O–H groups in total. The lowest BCUT2D eigenvalue weighted by atomic mass is 9.74. The Morgan fingerprint density at radius 1 is 1.21 bits per heavy atom. The Kier molecular flexibility index (Phi) is 5.43. The summed E-state index contributed by atoms with van der Waals surface area (Å²) in [5.41, 5.74) is -0.0422. The number of hydrogen-bond donors (Lipinski definition) is 3. The smallest absolute Gasteiger partial charge is 0.276 e. The van der Waals surface area contributed by atoms with Gasteiger partial charge in [-0.1, -0.05) is 13.8 Å². The lowest BCUT2D eigenvalue weighted by molar-refractivity contribution is 0.0784. The van der Waals surface area contributed by atoms with Crippen LogP contribution in [0, 0.1) is 12.3 Å². The Morgan fingerprint density at radius 2 is 1.91 bits per heavy atom. The van der Waals surface area contributed by atoms with Gasteiger partial charge in [-0.2, -0.15) is 0 Å². The van der Waals surface area contributed by atoms with Crippen LogP contribution in [0.15, 0.2) is 21.9 Å². The number of nitrogens with zero attached hydrogens (tertiary/aromatic N) is 3. The van der Waals surface area contributed by atoms with Crippen molar-refractivity contribution in [3.63, 3.8) is 0 Å². The Morgan fingerprint density at radius 3 is 2.65 bits per heavy atom. The number of carbonyl (C=O) groups is 1. The zero-order valence-corrected chi connectivity index (χ0v) is 20.2. The number of aromatic hydroxyl groups is 1. The molecule has 1 amide bonds. The third-order valence-electron chi connectivity index (χ3n) is 6.86. The van der Waals surface area contributed by atoms with Gasteiger partial charge in [-0.05, 0) is 44.1 Å². The van der Waals surface area contributed by atoms with Gasteiger partial charge in [0, 0.05) is 19.3 Å². The van der Waals surface area contributed by atoms with Crippen LogP contribution in [0.1, 0.15) is 65.2 Å². The molecule has 1 aliphatic heterocycles. The highest BCUT2D eigenvalue weighted by Crippen LogP contribution is 2.47. The summed E-state index contributed by atoms with van der Waals surface area (Å²) >= 11 is 1.60. The molecule has 5 rings (SSSR count). The van der Waals surface area contributed by atoms with E-state index in [0.717, 1.165) is 41.3 Å². The highest BCUT2D eigenvalue weighted by Gasteiger charge is 2.40. The minimum absolute atomic E-state index is 0.0710. The molecular formula is C24H27N5O4S. The third kappa shape index (κ3) is 3.66. The summed E-state index contributed by atoms with van der Waals surface area (Å²) in [6.07, 6.45) is 5.01. The standard InChI is InChI=1S/C24H27N5O4S/c1-12-26-14-6-8-24(2,3)22(21(14)34-12)28-16-15(19(31)20(16)32)27-13-7-9-25-17(18(13)30)23(33)29-10-4-5-11-29/h7,9,22,28,30H,4-6,8,10-11H2,1-3H3,(H,25,27). The van der Waals surface area contributed by atoms with Gasteiger partial charge in [0.2, 0.25) is 0 Å². The Balaban J connectivity index is 1.45. The molecule has 9 nitrogen and oxygen atoms in total. The largest absolute Gasteiger partial charge is 0.504 e. The molecule has 1 fully saturated rings. The molecule has 0 saturated carbocycles. The number of carbonyl (C=O) groups excluding carboxylic acids is 1. The number of aryl methyl sites for hydroxylation is 2. The van der Waals surface area contributed by atoms with Crippen LogP contribution < -0.4 is 21.5 Å². The first-order chi connectivity index (χ1) is 16.2. The van der Waals surface area contributed by atoms with Crippen molar-refractivity contribution in [3.8, 4) is 5.75 Å². The number of likely N-dealkylation sites (tertiary alicyclic amines) is 1. The minimum atomic E-state index is -0.666. The maximum atomic E-state index is 12.7. The maximum Gasteiger partial charge on any atom is 0.276 e. The number of nitrogens with one attached hydrogen (secondary N) is 2. The van der Waals surface area contributed by atoms with Gasteiger partial charge >= 0.3 is 0 Å². The number of aromatic nitrogens is 2. The molecule has 0 bridgehead atoms. The number of pyridine rings is 1. The number of rotatable bonds is 5. The van der Waals surface area contributed by atoms with Crippen molar-refractivity contribution in [3.05, 3.63) is 54.0 Å². The van der Waals surface area contributed by atoms with Crippen molar-refractivity contribution in [2.24, 2.45) is 5.41 Å². The second-order valence-electron chi connectivity index (χ2n) is 9.70. The minimum Gasteiger partial charge on any atom is -0.504 e. The average Bonchev–Trinajstić information content (AvgIpc) is 3.47. The van der Waals surface area contributed by atoms with E-state index in [1.807, 2.05) is 6.92 Å². The molecule has 0 spiro atoms. The monoisotopic (exact) mass is 481 g/mol. The quantitative estimate of drug-likeness (QED) is 0.475. The summed E-state index contributed by atoms with van der Waals surface area (Å²) in [5, 5.41) is 17.9. The molecular weight excluding hydrogens is 454 g/mol. The Bertz CT molecular complexity index is 1350. The molecule has 0 radical (unpaired) electrons. The number of thiazole rings is 1. The van der Waals surface area contributed by atoms with Crippen molar-refractivity contribution < 1.29 is 9.90 Å².